The Labute approximate surface area is 152 Å². The number of ether oxygens (including phenoxy) is 4. The molecule has 0 aromatic carbocycles. The van der Waals surface area contributed by atoms with Gasteiger partial charge in [-0.3, -0.25) is 0 Å². The van der Waals surface area contributed by atoms with Crippen LogP contribution in [0.25, 0.3) is 0 Å². The molecule has 146 valence electrons. The van der Waals surface area contributed by atoms with Crippen LogP contribution in [0.1, 0.15) is 34.6 Å². The van der Waals surface area contributed by atoms with Crippen molar-refractivity contribution in [2.45, 2.75) is 88.7 Å². The molecule has 0 aromatic heterocycles. The first-order valence-corrected chi connectivity index (χ1v) is 11.7. The molecule has 1 N–H and O–H groups in total. The highest BCUT2D eigenvalue weighted by atomic mass is 28.4. The Bertz CT molecular complexity index is 500. The molecule has 0 aliphatic carbocycles. The Kier molecular flexibility index (Phi) is 5.64. The van der Waals surface area contributed by atoms with Crippen molar-refractivity contribution in [3.05, 3.63) is 12.7 Å². The van der Waals surface area contributed by atoms with Crippen LogP contribution in [0.5, 0.6) is 0 Å². The van der Waals surface area contributed by atoms with Crippen molar-refractivity contribution < 1.29 is 28.5 Å². The van der Waals surface area contributed by atoms with E-state index >= 15 is 0 Å². The van der Waals surface area contributed by atoms with Crippen molar-refractivity contribution in [2.24, 2.45) is 0 Å². The SMILES string of the molecule is C=CC(O)(CO[Si](C)(C)C(C)(C)C)[C@@H]1O[C@H]2OC(C)(C)OC2[C@H]1OC. The normalized spacial score (nSPS) is 34.6. The zero-order valence-corrected chi connectivity index (χ0v) is 17.8. The van der Waals surface area contributed by atoms with Crippen molar-refractivity contribution >= 4 is 8.32 Å². The highest BCUT2D eigenvalue weighted by Gasteiger charge is 2.60. The van der Waals surface area contributed by atoms with Gasteiger partial charge < -0.3 is 28.5 Å². The molecule has 0 amide bonds. The van der Waals surface area contributed by atoms with Gasteiger partial charge in [0.25, 0.3) is 0 Å². The molecule has 2 aliphatic heterocycles. The molecule has 2 aliphatic rings. The second kappa shape index (κ2) is 6.71. The first-order chi connectivity index (χ1) is 11.3. The minimum absolute atomic E-state index is 0.0407. The fourth-order valence-electron chi connectivity index (χ4n) is 2.91. The van der Waals surface area contributed by atoms with E-state index in [-0.39, 0.29) is 11.6 Å². The van der Waals surface area contributed by atoms with Crippen LogP contribution in [0.3, 0.4) is 0 Å². The zero-order valence-electron chi connectivity index (χ0n) is 16.8. The quantitative estimate of drug-likeness (QED) is 0.570. The summed E-state index contributed by atoms with van der Waals surface area (Å²) >= 11 is 0. The highest BCUT2D eigenvalue weighted by Crippen LogP contribution is 2.43. The Morgan fingerprint density at radius 2 is 1.84 bits per heavy atom. The maximum atomic E-state index is 11.2. The number of aliphatic hydroxyl groups is 1. The van der Waals surface area contributed by atoms with E-state index in [9.17, 15) is 5.11 Å². The van der Waals surface area contributed by atoms with Gasteiger partial charge in [-0.2, -0.15) is 0 Å². The minimum Gasteiger partial charge on any atom is -0.413 e. The topological polar surface area (TPSA) is 66.4 Å². The summed E-state index contributed by atoms with van der Waals surface area (Å²) in [5.41, 5.74) is -1.39. The Balaban J connectivity index is 2.15. The van der Waals surface area contributed by atoms with Crippen LogP contribution in [-0.4, -0.2) is 63.1 Å². The molecule has 25 heavy (non-hydrogen) atoms. The fraction of sp³-hybridized carbons (Fsp3) is 0.889. The predicted octanol–water partition coefficient (Wildman–Crippen LogP) is 2.82. The minimum atomic E-state index is -2.03. The van der Waals surface area contributed by atoms with Crippen molar-refractivity contribution in [3.63, 3.8) is 0 Å². The van der Waals surface area contributed by atoms with Crippen LogP contribution in [0.15, 0.2) is 12.7 Å². The number of hydrogen-bond donors (Lipinski definition) is 1. The number of methoxy groups -OCH3 is 1. The Morgan fingerprint density at radius 1 is 1.24 bits per heavy atom. The smallest absolute Gasteiger partial charge is 0.192 e. The molecule has 5 atom stereocenters. The van der Waals surface area contributed by atoms with Crippen LogP contribution in [-0.2, 0) is 23.4 Å². The lowest BCUT2D eigenvalue weighted by Crippen LogP contribution is -2.55. The monoisotopic (exact) mass is 374 g/mol. The summed E-state index contributed by atoms with van der Waals surface area (Å²) in [5.74, 6) is -0.735. The van der Waals surface area contributed by atoms with Gasteiger partial charge >= 0.3 is 0 Å². The zero-order chi connectivity index (χ0) is 19.3. The molecule has 0 saturated carbocycles. The van der Waals surface area contributed by atoms with E-state index in [0.717, 1.165) is 0 Å². The van der Waals surface area contributed by atoms with Gasteiger partial charge in [-0.05, 0) is 32.0 Å². The van der Waals surface area contributed by atoms with Crippen LogP contribution < -0.4 is 0 Å². The summed E-state index contributed by atoms with van der Waals surface area (Å²) in [7, 11) is -0.452. The number of rotatable bonds is 6. The Morgan fingerprint density at radius 3 is 2.32 bits per heavy atom. The molecule has 2 saturated heterocycles. The van der Waals surface area contributed by atoms with Gasteiger partial charge in [0.15, 0.2) is 20.4 Å². The maximum absolute atomic E-state index is 11.2. The first-order valence-electron chi connectivity index (χ1n) is 8.80. The average Bonchev–Trinajstić information content (AvgIpc) is 2.95. The lowest BCUT2D eigenvalue weighted by Gasteiger charge is -2.41. The summed E-state index contributed by atoms with van der Waals surface area (Å²) in [6.45, 7) is 18.3. The molecular formula is C18H34O6Si. The molecule has 0 spiro atoms. The molecule has 2 heterocycles. The van der Waals surface area contributed by atoms with Crippen LogP contribution >= 0.6 is 0 Å². The van der Waals surface area contributed by atoms with E-state index in [4.69, 9.17) is 23.4 Å². The van der Waals surface area contributed by atoms with E-state index in [1.807, 2.05) is 13.8 Å². The third-order valence-electron chi connectivity index (χ3n) is 5.58. The summed E-state index contributed by atoms with van der Waals surface area (Å²) in [5, 5.41) is 11.2. The largest absolute Gasteiger partial charge is 0.413 e. The van der Waals surface area contributed by atoms with Crippen molar-refractivity contribution in [3.8, 4) is 0 Å². The molecule has 0 bridgehead atoms. The van der Waals surface area contributed by atoms with Gasteiger partial charge in [0.05, 0.1) is 6.61 Å². The van der Waals surface area contributed by atoms with Crippen LogP contribution in [0.2, 0.25) is 18.1 Å². The van der Waals surface area contributed by atoms with E-state index in [0.29, 0.717) is 0 Å². The molecule has 6 nitrogen and oxygen atoms in total. The van der Waals surface area contributed by atoms with Gasteiger partial charge in [-0.1, -0.05) is 26.8 Å². The highest BCUT2D eigenvalue weighted by molar-refractivity contribution is 6.74. The lowest BCUT2D eigenvalue weighted by atomic mass is 9.92. The van der Waals surface area contributed by atoms with Crippen LogP contribution in [0, 0.1) is 0 Å². The van der Waals surface area contributed by atoms with Gasteiger partial charge in [0, 0.05) is 7.11 Å². The summed E-state index contributed by atoms with van der Waals surface area (Å²) in [6.07, 6.45) is -0.652. The third kappa shape index (κ3) is 4.02. The molecule has 2 rings (SSSR count). The van der Waals surface area contributed by atoms with E-state index < -0.39 is 44.3 Å². The molecule has 0 aromatic rings. The van der Waals surface area contributed by atoms with Crippen molar-refractivity contribution in [2.75, 3.05) is 13.7 Å². The van der Waals surface area contributed by atoms with Crippen LogP contribution in [0.4, 0.5) is 0 Å². The van der Waals surface area contributed by atoms with E-state index in [1.54, 1.807) is 7.11 Å². The fourth-order valence-corrected chi connectivity index (χ4v) is 3.93. The number of fused-ring (bicyclic) bond motifs is 1. The second-order valence-electron chi connectivity index (χ2n) is 8.97. The molecule has 7 heteroatoms. The van der Waals surface area contributed by atoms with Crippen molar-refractivity contribution in [1.82, 2.24) is 0 Å². The maximum Gasteiger partial charge on any atom is 0.192 e. The predicted molar refractivity (Wildman–Crippen MR) is 97.8 cm³/mol. The van der Waals surface area contributed by atoms with Gasteiger partial charge in [0.1, 0.15) is 23.9 Å². The molecular weight excluding hydrogens is 340 g/mol. The second-order valence-corrected chi connectivity index (χ2v) is 13.8. The first kappa shape index (κ1) is 21.0. The summed E-state index contributed by atoms with van der Waals surface area (Å²) in [6, 6.07) is 0. The van der Waals surface area contributed by atoms with Crippen molar-refractivity contribution in [1.29, 1.82) is 0 Å². The van der Waals surface area contributed by atoms with E-state index in [2.05, 4.69) is 40.4 Å². The molecule has 0 radical (unpaired) electrons. The summed E-state index contributed by atoms with van der Waals surface area (Å²) in [4.78, 5) is 0. The van der Waals surface area contributed by atoms with Gasteiger partial charge in [-0.25, -0.2) is 0 Å². The average molecular weight is 375 g/mol. The number of hydrogen-bond acceptors (Lipinski definition) is 6. The standard InChI is InChI=1S/C18H34O6Si/c1-10-18(19,11-21-25(8,9)16(2,3)4)14-12(20-7)13-15(22-14)24-17(5,6)23-13/h10,12-15,19H,1,11H2,2-9H3/t12-,13?,14-,15+,18?/m1/s1. The third-order valence-corrected chi connectivity index (χ3v) is 10.1. The summed E-state index contributed by atoms with van der Waals surface area (Å²) < 4.78 is 29.5. The molecule has 2 unspecified atom stereocenters. The van der Waals surface area contributed by atoms with Gasteiger partial charge in [-0.15, -0.1) is 6.58 Å². The molecule has 2 fully saturated rings. The van der Waals surface area contributed by atoms with Gasteiger partial charge in [0.2, 0.25) is 0 Å². The lowest BCUT2D eigenvalue weighted by molar-refractivity contribution is -0.238. The Hall–Kier alpha value is -0.283. The van der Waals surface area contributed by atoms with E-state index in [1.165, 1.54) is 6.08 Å².